The van der Waals surface area contributed by atoms with Crippen LogP contribution in [0.3, 0.4) is 0 Å². The highest BCUT2D eigenvalue weighted by Crippen LogP contribution is 2.33. The van der Waals surface area contributed by atoms with Gasteiger partial charge >= 0.3 is 5.97 Å². The Labute approximate surface area is 90.4 Å². The molecule has 0 saturated heterocycles. The number of carboxylic acids is 1. The van der Waals surface area contributed by atoms with E-state index in [4.69, 9.17) is 21.4 Å². The van der Waals surface area contributed by atoms with Gasteiger partial charge in [-0.15, -0.1) is 0 Å². The highest BCUT2D eigenvalue weighted by molar-refractivity contribution is 6.35. The van der Waals surface area contributed by atoms with Gasteiger partial charge in [0.15, 0.2) is 0 Å². The molecule has 0 bridgehead atoms. The van der Waals surface area contributed by atoms with Crippen molar-refractivity contribution in [2.75, 3.05) is 7.11 Å². The minimum absolute atomic E-state index is 0.0455. The fourth-order valence-corrected chi connectivity index (χ4v) is 1.83. The molecule has 4 nitrogen and oxygen atoms in total. The number of aromatic amines is 1. The number of rotatable bonds is 2. The minimum atomic E-state index is -1.07. The summed E-state index contributed by atoms with van der Waals surface area (Å²) in [6.07, 6.45) is 0. The third-order valence-electron chi connectivity index (χ3n) is 2.17. The maximum absolute atomic E-state index is 11.0. The molecule has 0 atom stereocenters. The first-order chi connectivity index (χ1) is 7.15. The molecule has 1 heterocycles. The van der Waals surface area contributed by atoms with Crippen LogP contribution in [0, 0.1) is 0 Å². The molecule has 1 aromatic heterocycles. The topological polar surface area (TPSA) is 62.3 Å². The van der Waals surface area contributed by atoms with Crippen LogP contribution in [-0.2, 0) is 0 Å². The Morgan fingerprint density at radius 2 is 2.27 bits per heavy atom. The van der Waals surface area contributed by atoms with E-state index in [1.807, 2.05) is 0 Å². The summed E-state index contributed by atoms with van der Waals surface area (Å²) in [5.41, 5.74) is 0.695. The van der Waals surface area contributed by atoms with E-state index in [9.17, 15) is 4.79 Å². The first-order valence-corrected chi connectivity index (χ1v) is 4.60. The number of benzene rings is 1. The summed E-state index contributed by atoms with van der Waals surface area (Å²) in [6.45, 7) is 0. The summed E-state index contributed by atoms with van der Waals surface area (Å²) < 4.78 is 5.09. The Morgan fingerprint density at radius 1 is 1.53 bits per heavy atom. The van der Waals surface area contributed by atoms with Gasteiger partial charge in [0.2, 0.25) is 0 Å². The highest BCUT2D eigenvalue weighted by Gasteiger charge is 2.19. The second-order valence-electron chi connectivity index (χ2n) is 3.00. The largest absolute Gasteiger partial charge is 0.496 e. The van der Waals surface area contributed by atoms with Gasteiger partial charge in [0, 0.05) is 0 Å². The third-order valence-corrected chi connectivity index (χ3v) is 2.46. The number of fused-ring (bicyclic) bond motifs is 1. The molecule has 2 rings (SSSR count). The molecule has 2 N–H and O–H groups in total. The molecular weight excluding hydrogens is 218 g/mol. The van der Waals surface area contributed by atoms with Gasteiger partial charge in [-0.25, -0.2) is 4.79 Å². The van der Waals surface area contributed by atoms with Crippen LogP contribution in [0.1, 0.15) is 10.4 Å². The zero-order valence-electron chi connectivity index (χ0n) is 7.87. The molecule has 0 spiro atoms. The summed E-state index contributed by atoms with van der Waals surface area (Å²) in [5, 5.41) is 9.62. The van der Waals surface area contributed by atoms with Crippen molar-refractivity contribution in [3.63, 3.8) is 0 Å². The van der Waals surface area contributed by atoms with E-state index in [0.29, 0.717) is 16.7 Å². The summed E-state index contributed by atoms with van der Waals surface area (Å²) in [5.74, 6) is -0.580. The number of ether oxygens (including phenoxy) is 1. The van der Waals surface area contributed by atoms with Crippen LogP contribution >= 0.6 is 11.6 Å². The van der Waals surface area contributed by atoms with Crippen molar-refractivity contribution in [2.45, 2.75) is 0 Å². The lowest BCUT2D eigenvalue weighted by Crippen LogP contribution is -1.96. The lowest BCUT2D eigenvalue weighted by atomic mass is 10.1. The number of hydrogen-bond donors (Lipinski definition) is 2. The van der Waals surface area contributed by atoms with Gasteiger partial charge in [0.05, 0.1) is 18.0 Å². The number of hydrogen-bond acceptors (Lipinski definition) is 2. The van der Waals surface area contributed by atoms with Crippen LogP contribution < -0.4 is 4.74 Å². The van der Waals surface area contributed by atoms with E-state index in [-0.39, 0.29) is 10.7 Å². The predicted molar refractivity (Wildman–Crippen MR) is 56.8 cm³/mol. The first-order valence-electron chi connectivity index (χ1n) is 4.22. The lowest BCUT2D eigenvalue weighted by Gasteiger charge is -2.01. The van der Waals surface area contributed by atoms with E-state index in [1.165, 1.54) is 7.11 Å². The highest BCUT2D eigenvalue weighted by atomic mass is 35.5. The Hall–Kier alpha value is -1.68. The van der Waals surface area contributed by atoms with E-state index in [1.54, 1.807) is 18.2 Å². The van der Waals surface area contributed by atoms with Gasteiger partial charge in [-0.3, -0.25) is 0 Å². The molecule has 0 fully saturated rings. The second-order valence-corrected chi connectivity index (χ2v) is 3.38. The number of nitrogens with one attached hydrogen (secondary N) is 1. The summed E-state index contributed by atoms with van der Waals surface area (Å²) >= 11 is 5.80. The van der Waals surface area contributed by atoms with Crippen molar-refractivity contribution in [3.05, 3.63) is 28.9 Å². The third kappa shape index (κ3) is 1.43. The Morgan fingerprint density at radius 3 is 2.87 bits per heavy atom. The van der Waals surface area contributed by atoms with Crippen LogP contribution in [-0.4, -0.2) is 23.2 Å². The van der Waals surface area contributed by atoms with Gasteiger partial charge in [0.1, 0.15) is 16.5 Å². The average Bonchev–Trinajstić information content (AvgIpc) is 2.53. The summed E-state index contributed by atoms with van der Waals surface area (Å²) in [7, 11) is 1.49. The Kier molecular flexibility index (Phi) is 2.28. The van der Waals surface area contributed by atoms with Crippen molar-refractivity contribution >= 4 is 28.5 Å². The molecule has 0 aliphatic rings. The molecule has 0 aliphatic heterocycles. The zero-order chi connectivity index (χ0) is 11.0. The van der Waals surface area contributed by atoms with E-state index in [2.05, 4.69) is 4.98 Å². The molecular formula is C10H8ClNO3. The van der Waals surface area contributed by atoms with E-state index in [0.717, 1.165) is 0 Å². The van der Waals surface area contributed by atoms with Gasteiger partial charge in [-0.2, -0.15) is 0 Å². The quantitative estimate of drug-likeness (QED) is 0.826. The number of carboxylic acid groups (broad SMARTS) is 1. The van der Waals surface area contributed by atoms with Gasteiger partial charge in [-0.05, 0) is 12.1 Å². The summed E-state index contributed by atoms with van der Waals surface area (Å²) in [4.78, 5) is 13.8. The number of halogens is 1. The van der Waals surface area contributed by atoms with Gasteiger partial charge in [0.25, 0.3) is 0 Å². The van der Waals surface area contributed by atoms with Crippen LogP contribution in [0.15, 0.2) is 18.2 Å². The number of H-pyrrole nitrogens is 1. The predicted octanol–water partition coefficient (Wildman–Crippen LogP) is 2.53. The van der Waals surface area contributed by atoms with Crippen molar-refractivity contribution in [3.8, 4) is 5.75 Å². The van der Waals surface area contributed by atoms with Gasteiger partial charge in [-0.1, -0.05) is 17.7 Å². The molecule has 0 unspecified atom stereocenters. The van der Waals surface area contributed by atoms with E-state index < -0.39 is 5.97 Å². The van der Waals surface area contributed by atoms with Crippen LogP contribution in [0.2, 0.25) is 5.15 Å². The fourth-order valence-electron chi connectivity index (χ4n) is 1.55. The minimum Gasteiger partial charge on any atom is -0.496 e. The maximum atomic E-state index is 11.0. The second kappa shape index (κ2) is 3.47. The molecule has 0 saturated carbocycles. The normalized spacial score (nSPS) is 10.5. The monoisotopic (exact) mass is 225 g/mol. The Bertz CT molecular complexity index is 533. The van der Waals surface area contributed by atoms with Crippen molar-refractivity contribution in [1.82, 2.24) is 4.98 Å². The number of aromatic nitrogens is 1. The summed E-state index contributed by atoms with van der Waals surface area (Å²) in [6, 6.07) is 5.20. The number of carbonyl (C=O) groups is 1. The van der Waals surface area contributed by atoms with Crippen LogP contribution in [0.5, 0.6) is 5.75 Å². The zero-order valence-corrected chi connectivity index (χ0v) is 8.63. The number of methoxy groups -OCH3 is 1. The standard InChI is InChI=1S/C10H8ClNO3/c1-15-6-4-2-3-5-7(6)8(10(13)14)9(11)12-5/h2-4,12H,1H3,(H,13,14). The fraction of sp³-hybridized carbons (Fsp3) is 0.100. The molecule has 2 aromatic rings. The van der Waals surface area contributed by atoms with Crippen molar-refractivity contribution in [2.24, 2.45) is 0 Å². The van der Waals surface area contributed by atoms with Crippen molar-refractivity contribution in [1.29, 1.82) is 0 Å². The first kappa shape index (κ1) is 9.86. The lowest BCUT2D eigenvalue weighted by molar-refractivity contribution is 0.0699. The van der Waals surface area contributed by atoms with Crippen LogP contribution in [0.25, 0.3) is 10.9 Å². The molecule has 1 aromatic carbocycles. The molecule has 0 amide bonds. The van der Waals surface area contributed by atoms with Gasteiger partial charge < -0.3 is 14.8 Å². The van der Waals surface area contributed by atoms with Crippen LogP contribution in [0.4, 0.5) is 0 Å². The van der Waals surface area contributed by atoms with Crippen molar-refractivity contribution < 1.29 is 14.6 Å². The maximum Gasteiger partial charge on any atom is 0.339 e. The molecule has 0 radical (unpaired) electrons. The molecule has 15 heavy (non-hydrogen) atoms. The molecule has 78 valence electrons. The molecule has 5 heteroatoms. The number of aromatic carboxylic acids is 1. The average molecular weight is 226 g/mol. The molecule has 0 aliphatic carbocycles. The smallest absolute Gasteiger partial charge is 0.339 e. The Balaban J connectivity index is 2.88. The van der Waals surface area contributed by atoms with E-state index >= 15 is 0 Å². The SMILES string of the molecule is COc1cccc2[nH]c(Cl)c(C(=O)O)c12.